The zero-order valence-electron chi connectivity index (χ0n) is 18.9. The molecule has 1 fully saturated rings. The fraction of sp³-hybridized carbons (Fsp3) is 0.385. The molecule has 1 saturated carbocycles. The third-order valence-electron chi connectivity index (χ3n) is 5.63. The monoisotopic (exact) mass is 434 g/mol. The number of para-hydroxylation sites is 2. The van der Waals surface area contributed by atoms with Crippen molar-refractivity contribution in [3.63, 3.8) is 0 Å². The summed E-state index contributed by atoms with van der Waals surface area (Å²) in [5, 5.41) is 9.45. The third-order valence-corrected chi connectivity index (χ3v) is 5.63. The van der Waals surface area contributed by atoms with Gasteiger partial charge in [0.25, 0.3) is 0 Å². The molecule has 0 aliphatic heterocycles. The van der Waals surface area contributed by atoms with Gasteiger partial charge in [0.1, 0.15) is 6.04 Å². The Labute approximate surface area is 190 Å². The van der Waals surface area contributed by atoms with Crippen molar-refractivity contribution in [1.82, 2.24) is 10.6 Å². The highest BCUT2D eigenvalue weighted by molar-refractivity contribution is 6.03. The van der Waals surface area contributed by atoms with Crippen molar-refractivity contribution in [2.75, 3.05) is 11.1 Å². The van der Waals surface area contributed by atoms with Gasteiger partial charge in [-0.3, -0.25) is 14.9 Å². The molecule has 2 aromatic carbocycles. The lowest BCUT2D eigenvalue weighted by molar-refractivity contribution is -0.124. The number of carbonyl (C=O) groups is 2. The second kappa shape index (κ2) is 11.5. The van der Waals surface area contributed by atoms with Gasteiger partial charge in [-0.1, -0.05) is 56.7 Å². The Hall–Kier alpha value is -3.12. The molecule has 0 heterocycles. The minimum Gasteiger partial charge on any atom is -0.397 e. The topological polar surface area (TPSA) is 96.2 Å². The number of nitrogens with one attached hydrogen (secondary N) is 3. The number of nitrogen functional groups attached to an aromatic ring is 1. The van der Waals surface area contributed by atoms with E-state index in [0.717, 1.165) is 43.2 Å². The molecule has 3 rings (SSSR count). The number of amides is 2. The zero-order valence-corrected chi connectivity index (χ0v) is 18.9. The Balaban J connectivity index is 1.64. The van der Waals surface area contributed by atoms with Crippen LogP contribution in [0.3, 0.4) is 0 Å². The van der Waals surface area contributed by atoms with E-state index < -0.39 is 0 Å². The number of anilines is 2. The van der Waals surface area contributed by atoms with Gasteiger partial charge in [-0.25, -0.2) is 0 Å². The minimum absolute atomic E-state index is 0.0281. The number of rotatable bonds is 11. The van der Waals surface area contributed by atoms with Crippen LogP contribution < -0.4 is 21.7 Å². The van der Waals surface area contributed by atoms with E-state index in [-0.39, 0.29) is 23.9 Å². The first kappa shape index (κ1) is 23.5. The lowest BCUT2D eigenvalue weighted by Gasteiger charge is -2.23. The van der Waals surface area contributed by atoms with Crippen molar-refractivity contribution < 1.29 is 9.59 Å². The highest BCUT2D eigenvalue weighted by Crippen LogP contribution is 2.25. The number of benzene rings is 2. The molecule has 0 radical (unpaired) electrons. The van der Waals surface area contributed by atoms with E-state index in [2.05, 4.69) is 29.8 Å². The highest BCUT2D eigenvalue weighted by Gasteiger charge is 2.30. The van der Waals surface area contributed by atoms with E-state index in [4.69, 9.17) is 5.73 Å². The lowest BCUT2D eigenvalue weighted by atomic mass is 10.0. The molecule has 6 nitrogen and oxygen atoms in total. The van der Waals surface area contributed by atoms with Crippen LogP contribution in [0.15, 0.2) is 54.6 Å². The smallest absolute Gasteiger partial charge is 0.248 e. The Morgan fingerprint density at radius 1 is 1.09 bits per heavy atom. The molecule has 170 valence electrons. The van der Waals surface area contributed by atoms with Crippen molar-refractivity contribution in [1.29, 1.82) is 0 Å². The lowest BCUT2D eigenvalue weighted by Crippen LogP contribution is -2.43. The van der Waals surface area contributed by atoms with E-state index >= 15 is 0 Å². The summed E-state index contributed by atoms with van der Waals surface area (Å²) in [5.74, 6) is -0.221. The highest BCUT2D eigenvalue weighted by atomic mass is 16.2. The number of nitrogens with two attached hydrogens (primary N) is 1. The van der Waals surface area contributed by atoms with Crippen molar-refractivity contribution in [3.05, 3.63) is 65.7 Å². The second-order valence-electron chi connectivity index (χ2n) is 8.35. The zero-order chi connectivity index (χ0) is 22.9. The van der Waals surface area contributed by atoms with E-state index in [1.807, 2.05) is 36.4 Å². The van der Waals surface area contributed by atoms with Crippen LogP contribution in [0.1, 0.15) is 63.1 Å². The second-order valence-corrected chi connectivity index (χ2v) is 8.35. The van der Waals surface area contributed by atoms with Crippen LogP contribution >= 0.6 is 0 Å². The summed E-state index contributed by atoms with van der Waals surface area (Å²) in [5.41, 5.74) is 8.79. The Morgan fingerprint density at radius 3 is 2.44 bits per heavy atom. The summed E-state index contributed by atoms with van der Waals surface area (Å²) in [7, 11) is 0. The molecule has 1 aliphatic rings. The Kier molecular flexibility index (Phi) is 8.45. The first-order valence-corrected chi connectivity index (χ1v) is 11.5. The summed E-state index contributed by atoms with van der Waals surface area (Å²) < 4.78 is 0. The van der Waals surface area contributed by atoms with Gasteiger partial charge in [0, 0.05) is 18.2 Å². The van der Waals surface area contributed by atoms with Crippen LogP contribution in [0.25, 0.3) is 6.08 Å². The van der Waals surface area contributed by atoms with Gasteiger partial charge in [-0.05, 0) is 55.0 Å². The molecule has 2 amide bonds. The van der Waals surface area contributed by atoms with E-state index in [9.17, 15) is 9.59 Å². The first-order valence-electron chi connectivity index (χ1n) is 11.5. The van der Waals surface area contributed by atoms with Gasteiger partial charge >= 0.3 is 0 Å². The standard InChI is InChI=1S/C26H34N4O2/c1-3-7-20(4-2)29-26(32)25(28-21-15-16-21)19-13-10-18(11-14-19)12-17-24(31)30-23-9-6-5-8-22(23)27/h5-6,8-14,17,20-21,25,28H,3-4,7,15-16,27H2,1-2H3,(H,29,32)(H,30,31)/b17-12+. The Bertz CT molecular complexity index is 935. The summed E-state index contributed by atoms with van der Waals surface area (Å²) in [6, 6.07) is 15.1. The average molecular weight is 435 g/mol. The van der Waals surface area contributed by atoms with Gasteiger partial charge in [-0.2, -0.15) is 0 Å². The van der Waals surface area contributed by atoms with Crippen LogP contribution in [0, 0.1) is 0 Å². The molecular formula is C26H34N4O2. The van der Waals surface area contributed by atoms with E-state index in [1.165, 1.54) is 6.08 Å². The van der Waals surface area contributed by atoms with Gasteiger partial charge in [0.05, 0.1) is 11.4 Å². The van der Waals surface area contributed by atoms with Crippen LogP contribution in [-0.4, -0.2) is 23.9 Å². The normalized spacial score (nSPS) is 15.3. The number of hydrogen-bond donors (Lipinski definition) is 4. The van der Waals surface area contributed by atoms with Crippen molar-refractivity contribution >= 4 is 29.3 Å². The van der Waals surface area contributed by atoms with Crippen LogP contribution in [0.5, 0.6) is 0 Å². The fourth-order valence-corrected chi connectivity index (χ4v) is 3.58. The largest absolute Gasteiger partial charge is 0.397 e. The van der Waals surface area contributed by atoms with Gasteiger partial charge in [0.2, 0.25) is 11.8 Å². The maximum Gasteiger partial charge on any atom is 0.248 e. The predicted octanol–water partition coefficient (Wildman–Crippen LogP) is 4.41. The summed E-state index contributed by atoms with van der Waals surface area (Å²) in [6.45, 7) is 4.24. The number of hydrogen-bond acceptors (Lipinski definition) is 4. The predicted molar refractivity (Wildman–Crippen MR) is 131 cm³/mol. The molecule has 0 bridgehead atoms. The molecule has 0 saturated heterocycles. The molecule has 2 aromatic rings. The average Bonchev–Trinajstić information content (AvgIpc) is 3.62. The molecule has 6 heteroatoms. The maximum atomic E-state index is 13.0. The quantitative estimate of drug-likeness (QED) is 0.311. The summed E-state index contributed by atoms with van der Waals surface area (Å²) in [6.07, 6.45) is 8.40. The molecule has 2 unspecified atom stereocenters. The summed E-state index contributed by atoms with van der Waals surface area (Å²) >= 11 is 0. The Morgan fingerprint density at radius 2 is 1.81 bits per heavy atom. The van der Waals surface area contributed by atoms with E-state index in [0.29, 0.717) is 17.4 Å². The molecule has 0 spiro atoms. The van der Waals surface area contributed by atoms with Gasteiger partial charge in [-0.15, -0.1) is 0 Å². The minimum atomic E-state index is -0.365. The molecule has 1 aliphatic carbocycles. The first-order chi connectivity index (χ1) is 15.5. The van der Waals surface area contributed by atoms with Crippen molar-refractivity contribution in [2.45, 2.75) is 64.1 Å². The van der Waals surface area contributed by atoms with Crippen molar-refractivity contribution in [2.24, 2.45) is 0 Å². The molecule has 5 N–H and O–H groups in total. The maximum absolute atomic E-state index is 13.0. The van der Waals surface area contributed by atoms with E-state index in [1.54, 1.807) is 18.2 Å². The van der Waals surface area contributed by atoms with Crippen molar-refractivity contribution in [3.8, 4) is 0 Å². The number of carbonyl (C=O) groups excluding carboxylic acids is 2. The van der Waals surface area contributed by atoms with Gasteiger partial charge < -0.3 is 16.4 Å². The van der Waals surface area contributed by atoms with Gasteiger partial charge in [0.15, 0.2) is 0 Å². The third kappa shape index (κ3) is 6.95. The SMILES string of the molecule is CCCC(CC)NC(=O)C(NC1CC1)c1ccc(/C=C/C(=O)Nc2ccccc2N)cc1. The van der Waals surface area contributed by atoms with Crippen LogP contribution in [0.2, 0.25) is 0 Å². The fourth-order valence-electron chi connectivity index (χ4n) is 3.58. The molecule has 2 atom stereocenters. The molecular weight excluding hydrogens is 400 g/mol. The van der Waals surface area contributed by atoms with Crippen LogP contribution in [-0.2, 0) is 9.59 Å². The molecule has 32 heavy (non-hydrogen) atoms. The van der Waals surface area contributed by atoms with Crippen LogP contribution in [0.4, 0.5) is 11.4 Å². The summed E-state index contributed by atoms with van der Waals surface area (Å²) in [4.78, 5) is 25.2. The molecule has 0 aromatic heterocycles.